The summed E-state index contributed by atoms with van der Waals surface area (Å²) in [5.41, 5.74) is 2.33. The first-order valence-corrected chi connectivity index (χ1v) is 9.32. The molecule has 0 spiro atoms. The number of methoxy groups -OCH3 is 1. The lowest BCUT2D eigenvalue weighted by atomic mass is 10.2. The topological polar surface area (TPSA) is 49.9 Å². The predicted molar refractivity (Wildman–Crippen MR) is 88.3 cm³/mol. The average Bonchev–Trinajstić information content (AvgIpc) is 2.48. The summed E-state index contributed by atoms with van der Waals surface area (Å²) in [5.74, 6) is 0.0564. The number of halogens is 1. The van der Waals surface area contributed by atoms with E-state index in [2.05, 4.69) is 39.9 Å². The number of hydrogen-bond donors (Lipinski definition) is 0. The van der Waals surface area contributed by atoms with Crippen LogP contribution in [0.25, 0.3) is 0 Å². The first-order chi connectivity index (χ1) is 9.94. The van der Waals surface area contributed by atoms with Crippen molar-refractivity contribution >= 4 is 31.6 Å². The Hall–Kier alpha value is -0.630. The van der Waals surface area contributed by atoms with Gasteiger partial charge in [0.2, 0.25) is 10.0 Å². The molecule has 1 aromatic rings. The van der Waals surface area contributed by atoms with E-state index in [0.29, 0.717) is 26.2 Å². The Labute approximate surface area is 135 Å². The molecule has 1 aliphatic heterocycles. The fraction of sp³-hybridized carbons (Fsp3) is 0.571. The molecule has 7 heteroatoms. The summed E-state index contributed by atoms with van der Waals surface area (Å²) < 4.78 is 31.7. The van der Waals surface area contributed by atoms with Gasteiger partial charge in [-0.3, -0.25) is 0 Å². The fourth-order valence-electron chi connectivity index (χ4n) is 2.37. The number of aryl methyl sites for hydroxylation is 1. The second-order valence-electron chi connectivity index (χ2n) is 5.13. The third-order valence-corrected chi connectivity index (χ3v) is 6.41. The number of rotatable bonds is 5. The van der Waals surface area contributed by atoms with Crippen molar-refractivity contribution in [3.8, 4) is 0 Å². The van der Waals surface area contributed by atoms with Gasteiger partial charge in [0.25, 0.3) is 0 Å². The van der Waals surface area contributed by atoms with Crippen LogP contribution in [-0.4, -0.2) is 58.4 Å². The van der Waals surface area contributed by atoms with E-state index in [-0.39, 0.29) is 12.4 Å². The number of piperazine rings is 1. The van der Waals surface area contributed by atoms with E-state index in [0.717, 1.165) is 10.2 Å². The average molecular weight is 377 g/mol. The van der Waals surface area contributed by atoms with Crippen LogP contribution in [0.15, 0.2) is 22.7 Å². The van der Waals surface area contributed by atoms with Crippen LogP contribution < -0.4 is 4.90 Å². The highest BCUT2D eigenvalue weighted by Gasteiger charge is 2.26. The van der Waals surface area contributed by atoms with Crippen molar-refractivity contribution in [2.75, 3.05) is 50.5 Å². The Bertz CT molecular complexity index is 584. The molecule has 0 radical (unpaired) electrons. The van der Waals surface area contributed by atoms with Crippen LogP contribution in [0.3, 0.4) is 0 Å². The molecule has 0 N–H and O–H groups in total. The van der Waals surface area contributed by atoms with E-state index in [1.54, 1.807) is 4.31 Å². The number of ether oxygens (including phenoxy) is 1. The molecule has 21 heavy (non-hydrogen) atoms. The number of anilines is 1. The van der Waals surface area contributed by atoms with Gasteiger partial charge in [0.1, 0.15) is 0 Å². The zero-order chi connectivity index (χ0) is 15.5. The molecule has 1 fully saturated rings. The lowest BCUT2D eigenvalue weighted by Gasteiger charge is -2.35. The first kappa shape index (κ1) is 16.7. The van der Waals surface area contributed by atoms with Gasteiger partial charge in [-0.25, -0.2) is 8.42 Å². The Balaban J connectivity index is 1.98. The summed E-state index contributed by atoms with van der Waals surface area (Å²) in [6, 6.07) is 6.22. The van der Waals surface area contributed by atoms with Crippen LogP contribution in [0, 0.1) is 6.92 Å². The van der Waals surface area contributed by atoms with Crippen molar-refractivity contribution in [2.24, 2.45) is 0 Å². The van der Waals surface area contributed by atoms with Crippen LogP contribution in [0.2, 0.25) is 0 Å². The highest BCUT2D eigenvalue weighted by atomic mass is 79.9. The van der Waals surface area contributed by atoms with E-state index in [4.69, 9.17) is 4.74 Å². The largest absolute Gasteiger partial charge is 0.384 e. The summed E-state index contributed by atoms with van der Waals surface area (Å²) in [4.78, 5) is 2.22. The van der Waals surface area contributed by atoms with Crippen LogP contribution >= 0.6 is 15.9 Å². The number of sulfonamides is 1. The normalized spacial score (nSPS) is 17.2. The van der Waals surface area contributed by atoms with E-state index in [1.165, 1.54) is 12.7 Å². The minimum Gasteiger partial charge on any atom is -0.384 e. The molecule has 118 valence electrons. The van der Waals surface area contributed by atoms with Crippen molar-refractivity contribution in [1.82, 2.24) is 4.31 Å². The van der Waals surface area contributed by atoms with Crippen molar-refractivity contribution in [3.05, 3.63) is 28.2 Å². The molecule has 1 aliphatic rings. The molecule has 0 saturated carbocycles. The molecular formula is C14H21BrN2O3S. The Morgan fingerprint density at radius 3 is 2.48 bits per heavy atom. The third-order valence-electron chi connectivity index (χ3n) is 3.68. The predicted octanol–water partition coefficient (Wildman–Crippen LogP) is 1.86. The van der Waals surface area contributed by atoms with Crippen LogP contribution in [0.4, 0.5) is 5.69 Å². The zero-order valence-electron chi connectivity index (χ0n) is 12.4. The van der Waals surface area contributed by atoms with E-state index < -0.39 is 10.0 Å². The van der Waals surface area contributed by atoms with E-state index >= 15 is 0 Å². The quantitative estimate of drug-likeness (QED) is 0.786. The van der Waals surface area contributed by atoms with Crippen molar-refractivity contribution in [2.45, 2.75) is 6.92 Å². The Kier molecular flexibility index (Phi) is 5.65. The van der Waals surface area contributed by atoms with Gasteiger partial charge < -0.3 is 9.64 Å². The molecular weight excluding hydrogens is 356 g/mol. The lowest BCUT2D eigenvalue weighted by molar-refractivity contribution is 0.215. The van der Waals surface area contributed by atoms with Crippen molar-refractivity contribution in [3.63, 3.8) is 0 Å². The maximum Gasteiger partial charge on any atom is 0.216 e. The van der Waals surface area contributed by atoms with Crippen molar-refractivity contribution < 1.29 is 13.2 Å². The maximum atomic E-state index is 12.1. The minimum absolute atomic E-state index is 0.0564. The van der Waals surface area contributed by atoms with Gasteiger partial charge in [-0.15, -0.1) is 0 Å². The summed E-state index contributed by atoms with van der Waals surface area (Å²) in [6.45, 7) is 4.79. The first-order valence-electron chi connectivity index (χ1n) is 6.92. The third kappa shape index (κ3) is 4.18. The summed E-state index contributed by atoms with van der Waals surface area (Å²) in [5, 5.41) is 0. The molecule has 0 bridgehead atoms. The molecule has 5 nitrogen and oxygen atoms in total. The van der Waals surface area contributed by atoms with Gasteiger partial charge in [-0.05, 0) is 30.7 Å². The number of benzene rings is 1. The highest BCUT2D eigenvalue weighted by molar-refractivity contribution is 9.10. The van der Waals surface area contributed by atoms with Gasteiger partial charge in [0.15, 0.2) is 0 Å². The molecule has 1 heterocycles. The second kappa shape index (κ2) is 7.09. The van der Waals surface area contributed by atoms with Crippen molar-refractivity contribution in [1.29, 1.82) is 0 Å². The van der Waals surface area contributed by atoms with Crippen LogP contribution in [0.1, 0.15) is 5.56 Å². The SMILES string of the molecule is COCCS(=O)(=O)N1CCN(c2ccc(Br)c(C)c2)CC1. The summed E-state index contributed by atoms with van der Waals surface area (Å²) >= 11 is 3.50. The molecule has 0 aliphatic carbocycles. The summed E-state index contributed by atoms with van der Waals surface area (Å²) in [7, 11) is -1.67. The fourth-order valence-corrected chi connectivity index (χ4v) is 3.97. The Morgan fingerprint density at radius 2 is 1.90 bits per heavy atom. The van der Waals surface area contributed by atoms with E-state index in [9.17, 15) is 8.42 Å². The minimum atomic E-state index is -3.19. The lowest BCUT2D eigenvalue weighted by Crippen LogP contribution is -2.49. The second-order valence-corrected chi connectivity index (χ2v) is 8.07. The smallest absolute Gasteiger partial charge is 0.216 e. The Morgan fingerprint density at radius 1 is 1.24 bits per heavy atom. The summed E-state index contributed by atoms with van der Waals surface area (Å²) in [6.07, 6.45) is 0. The van der Waals surface area contributed by atoms with Gasteiger partial charge in [0, 0.05) is 43.4 Å². The molecule has 1 saturated heterocycles. The molecule has 0 amide bonds. The van der Waals surface area contributed by atoms with E-state index in [1.807, 2.05) is 6.07 Å². The van der Waals surface area contributed by atoms with Gasteiger partial charge in [-0.1, -0.05) is 15.9 Å². The molecule has 2 rings (SSSR count). The van der Waals surface area contributed by atoms with Gasteiger partial charge in [0.05, 0.1) is 12.4 Å². The molecule has 1 aromatic carbocycles. The zero-order valence-corrected chi connectivity index (χ0v) is 14.8. The van der Waals surface area contributed by atoms with Gasteiger partial charge >= 0.3 is 0 Å². The highest BCUT2D eigenvalue weighted by Crippen LogP contribution is 2.24. The number of hydrogen-bond acceptors (Lipinski definition) is 4. The molecule has 0 aromatic heterocycles. The molecule has 0 atom stereocenters. The van der Waals surface area contributed by atoms with Crippen LogP contribution in [-0.2, 0) is 14.8 Å². The maximum absolute atomic E-state index is 12.1. The van der Waals surface area contributed by atoms with Gasteiger partial charge in [-0.2, -0.15) is 4.31 Å². The standard InChI is InChI=1S/C14H21BrN2O3S/c1-12-11-13(3-4-14(12)15)16-5-7-17(8-6-16)21(18,19)10-9-20-2/h3-4,11H,5-10H2,1-2H3. The number of nitrogens with zero attached hydrogens (tertiary/aromatic N) is 2. The molecule has 0 unspecified atom stereocenters. The monoisotopic (exact) mass is 376 g/mol. The van der Waals surface area contributed by atoms with Crippen LogP contribution in [0.5, 0.6) is 0 Å².